The first-order valence-electron chi connectivity index (χ1n) is 7.41. The predicted molar refractivity (Wildman–Crippen MR) is 82.6 cm³/mol. The Bertz CT molecular complexity index is 356. The van der Waals surface area contributed by atoms with Crippen LogP contribution in [0, 0.1) is 0 Å². The quantitative estimate of drug-likeness (QED) is 0.566. The zero-order valence-electron chi connectivity index (χ0n) is 12.7. The average molecular weight is 479 g/mol. The second-order valence-corrected chi connectivity index (χ2v) is 12.4. The summed E-state index contributed by atoms with van der Waals surface area (Å²) in [7, 11) is -0.838. The molecule has 0 aromatic rings. The molecule has 3 atom stereocenters. The van der Waals surface area contributed by atoms with Gasteiger partial charge in [0.1, 0.15) is 0 Å². The Hall–Kier alpha value is 0.992. The molecule has 0 bridgehead atoms. The van der Waals surface area contributed by atoms with Crippen molar-refractivity contribution in [3.63, 3.8) is 0 Å². The van der Waals surface area contributed by atoms with Gasteiger partial charge in [0, 0.05) is 0 Å². The molecule has 0 aromatic carbocycles. The van der Waals surface area contributed by atoms with E-state index in [0.717, 1.165) is 10.1 Å². The molecule has 5 heteroatoms. The molecule has 0 amide bonds. The predicted octanol–water partition coefficient (Wildman–Crippen LogP) is 1.89. The maximum atomic E-state index is 12.7. The van der Waals surface area contributed by atoms with Gasteiger partial charge < -0.3 is 0 Å². The minimum absolute atomic E-state index is 0.121. The summed E-state index contributed by atoms with van der Waals surface area (Å²) in [4.78, 5) is 2.64. The van der Waals surface area contributed by atoms with Gasteiger partial charge in [0.05, 0.1) is 0 Å². The van der Waals surface area contributed by atoms with Gasteiger partial charge in [-0.25, -0.2) is 0 Å². The van der Waals surface area contributed by atoms with E-state index >= 15 is 0 Å². The van der Waals surface area contributed by atoms with E-state index in [2.05, 4.69) is 36.9 Å². The molecule has 109 valence electrons. The third kappa shape index (κ3) is 3.43. The first-order valence-corrected chi connectivity index (χ1v) is 10.8. The summed E-state index contributed by atoms with van der Waals surface area (Å²) in [5, 5.41) is 0. The monoisotopic (exact) mass is 479 g/mol. The van der Waals surface area contributed by atoms with Gasteiger partial charge in [-0.3, -0.25) is 0 Å². The van der Waals surface area contributed by atoms with Crippen molar-refractivity contribution in [2.75, 3.05) is 19.6 Å². The van der Waals surface area contributed by atoms with Crippen LogP contribution in [0.2, 0.25) is 0 Å². The van der Waals surface area contributed by atoms with E-state index in [-0.39, 0.29) is 10.3 Å². The van der Waals surface area contributed by atoms with Crippen molar-refractivity contribution in [1.82, 2.24) is 9.21 Å². The van der Waals surface area contributed by atoms with Crippen LogP contribution >= 0.6 is 0 Å². The Morgan fingerprint density at radius 2 is 1.79 bits per heavy atom. The van der Waals surface area contributed by atoms with Crippen molar-refractivity contribution >= 4 is 36.8 Å². The first-order chi connectivity index (χ1) is 8.76. The molecule has 2 aliphatic rings. The van der Waals surface area contributed by atoms with Crippen molar-refractivity contribution in [2.24, 2.45) is 0 Å². The molecule has 2 heterocycles. The van der Waals surface area contributed by atoms with Gasteiger partial charge in [0.2, 0.25) is 0 Å². The summed E-state index contributed by atoms with van der Waals surface area (Å²) in [5.74, 6) is 0. The van der Waals surface area contributed by atoms with E-state index in [4.69, 9.17) is 0 Å². The molecule has 2 rings (SSSR count). The SMILES string of the molecule is C[CH]([Pb])N1CCCC2(CC1)CCN2S(=O)C(C)(C)C. The molecule has 0 aliphatic carbocycles. The van der Waals surface area contributed by atoms with E-state index < -0.39 is 11.0 Å². The van der Waals surface area contributed by atoms with Crippen LogP contribution in [0.3, 0.4) is 0 Å². The second kappa shape index (κ2) is 6.01. The van der Waals surface area contributed by atoms with Crippen molar-refractivity contribution in [2.45, 2.75) is 67.3 Å². The number of rotatable bonds is 2. The topological polar surface area (TPSA) is 23.6 Å². The molecule has 2 saturated heterocycles. The molecule has 1 spiro atoms. The van der Waals surface area contributed by atoms with Crippen molar-refractivity contribution in [3.8, 4) is 0 Å². The summed E-state index contributed by atoms with van der Waals surface area (Å²) < 4.78 is 15.6. The Morgan fingerprint density at radius 1 is 1.16 bits per heavy atom. The molecule has 3 unspecified atom stereocenters. The number of nitrogens with zero attached hydrogens (tertiary/aromatic N) is 2. The fourth-order valence-electron chi connectivity index (χ4n) is 3.20. The van der Waals surface area contributed by atoms with Gasteiger partial charge in [-0.05, 0) is 0 Å². The Balaban J connectivity index is 2.06. The summed E-state index contributed by atoms with van der Waals surface area (Å²) in [6.45, 7) is 12.1. The van der Waals surface area contributed by atoms with Crippen molar-refractivity contribution in [3.05, 3.63) is 0 Å². The minimum atomic E-state index is -0.838. The molecule has 0 saturated carbocycles. The molecule has 3 radical (unpaired) electrons. The van der Waals surface area contributed by atoms with Crippen LogP contribution in [-0.2, 0) is 11.0 Å². The van der Waals surface area contributed by atoms with Crippen LogP contribution in [0.5, 0.6) is 0 Å². The summed E-state index contributed by atoms with van der Waals surface area (Å²) in [6.07, 6.45) is 4.96. The fourth-order valence-corrected chi connectivity index (χ4v) is 5.74. The zero-order valence-corrected chi connectivity index (χ0v) is 17.4. The van der Waals surface area contributed by atoms with Crippen LogP contribution in [0.4, 0.5) is 0 Å². The second-order valence-electron chi connectivity index (χ2n) is 7.00. The van der Waals surface area contributed by atoms with Gasteiger partial charge >= 0.3 is 137 Å². The maximum absolute atomic E-state index is 12.7. The van der Waals surface area contributed by atoms with Crippen LogP contribution < -0.4 is 0 Å². The summed E-state index contributed by atoms with van der Waals surface area (Å²) >= 11 is 1.25. The van der Waals surface area contributed by atoms with Gasteiger partial charge in [-0.2, -0.15) is 0 Å². The van der Waals surface area contributed by atoms with E-state index in [1.165, 1.54) is 64.5 Å². The fraction of sp³-hybridized carbons (Fsp3) is 1.00. The molecule has 2 aliphatic heterocycles. The van der Waals surface area contributed by atoms with Gasteiger partial charge in [0.25, 0.3) is 0 Å². The Labute approximate surface area is 136 Å². The van der Waals surface area contributed by atoms with Gasteiger partial charge in [-0.15, -0.1) is 0 Å². The standard InChI is InChI=1S/C14H27N2OS.Pb/c1-5-15-10-6-7-14(8-11-15)9-12-16(14)18(17)13(2,3)4;/h5H,6-12H2,1-4H3;. The van der Waals surface area contributed by atoms with Crippen molar-refractivity contribution < 1.29 is 4.21 Å². The molecule has 0 N–H and O–H groups in total. The molecule has 2 fully saturated rings. The van der Waals surface area contributed by atoms with Crippen molar-refractivity contribution in [1.29, 1.82) is 0 Å². The number of hydrogen-bond donors (Lipinski definition) is 0. The third-order valence-corrected chi connectivity index (χ3v) is 7.97. The summed E-state index contributed by atoms with van der Waals surface area (Å²) in [5.41, 5.74) is 0.253. The number of hydrogen-bond acceptors (Lipinski definition) is 2. The van der Waals surface area contributed by atoms with Gasteiger partial charge in [0.15, 0.2) is 0 Å². The van der Waals surface area contributed by atoms with E-state index in [1.807, 2.05) is 0 Å². The molecule has 3 nitrogen and oxygen atoms in total. The summed E-state index contributed by atoms with van der Waals surface area (Å²) in [6, 6.07) is 0. The van der Waals surface area contributed by atoms with E-state index in [0.29, 0.717) is 0 Å². The van der Waals surface area contributed by atoms with Crippen LogP contribution in [0.1, 0.15) is 53.4 Å². The Morgan fingerprint density at radius 3 is 2.26 bits per heavy atom. The van der Waals surface area contributed by atoms with Crippen LogP contribution in [-0.4, -0.2) is 72.7 Å². The average Bonchev–Trinajstić information content (AvgIpc) is 2.50. The molecular weight excluding hydrogens is 451 g/mol. The Kier molecular flexibility index (Phi) is 5.17. The third-order valence-electron chi connectivity index (χ3n) is 4.53. The zero-order chi connectivity index (χ0) is 14.3. The van der Waals surface area contributed by atoms with Crippen LogP contribution in [0.15, 0.2) is 0 Å². The van der Waals surface area contributed by atoms with E-state index in [9.17, 15) is 4.21 Å². The molecular formula is C14H27N2OPbS. The van der Waals surface area contributed by atoms with Gasteiger partial charge in [-0.1, -0.05) is 0 Å². The van der Waals surface area contributed by atoms with E-state index in [1.54, 1.807) is 0 Å². The normalized spacial score (nSPS) is 33.7. The number of likely N-dealkylation sites (tertiary alicyclic amines) is 1. The van der Waals surface area contributed by atoms with Crippen LogP contribution in [0.25, 0.3) is 0 Å². The molecule has 0 aromatic heterocycles. The molecule has 19 heavy (non-hydrogen) atoms. The first kappa shape index (κ1) is 16.4.